The molecule has 100 valence electrons. The largest absolute Gasteiger partial charge is 0.478 e. The average Bonchev–Trinajstić information content (AvgIpc) is 2.12. The Kier molecular flexibility index (Phi) is 3.53. The van der Waals surface area contributed by atoms with Gasteiger partial charge in [0.25, 0.3) is 0 Å². The molecule has 2 nitrogen and oxygen atoms in total. The highest BCUT2D eigenvalue weighted by Gasteiger charge is 2.41. The maximum Gasteiger partial charge on any atom is 0.418 e. The Morgan fingerprint density at radius 1 is 1.06 bits per heavy atom. The Morgan fingerprint density at radius 3 is 1.89 bits per heavy atom. The summed E-state index contributed by atoms with van der Waals surface area (Å²) in [6, 6.07) is -0.0617. The van der Waals surface area contributed by atoms with Crippen molar-refractivity contribution in [1.82, 2.24) is 0 Å². The van der Waals surface area contributed by atoms with Crippen molar-refractivity contribution in [2.24, 2.45) is 0 Å². The predicted octanol–water partition coefficient (Wildman–Crippen LogP) is 4.08. The average molecular weight is 293 g/mol. The van der Waals surface area contributed by atoms with Crippen LogP contribution >= 0.6 is 11.6 Å². The van der Waals surface area contributed by atoms with Crippen molar-refractivity contribution >= 4 is 17.6 Å². The van der Waals surface area contributed by atoms with Crippen LogP contribution in [0, 0.1) is 0 Å². The van der Waals surface area contributed by atoms with Crippen LogP contribution in [0.25, 0.3) is 0 Å². The van der Waals surface area contributed by atoms with Crippen molar-refractivity contribution in [3.63, 3.8) is 0 Å². The molecule has 1 N–H and O–H groups in total. The third-order valence-corrected chi connectivity index (χ3v) is 2.23. The van der Waals surface area contributed by atoms with E-state index < -0.39 is 40.0 Å². The Balaban J connectivity index is 3.62. The van der Waals surface area contributed by atoms with E-state index in [0.29, 0.717) is 0 Å². The standard InChI is InChI=1S/C9H3ClF6O2/c10-5-2-3(8(11,12)13)1-4(7(17)18)6(5)9(14,15)16/h1-2H,(H,17,18). The van der Waals surface area contributed by atoms with E-state index >= 15 is 0 Å². The van der Waals surface area contributed by atoms with Crippen LogP contribution in [0.2, 0.25) is 5.02 Å². The first-order valence-corrected chi connectivity index (χ1v) is 4.53. The molecule has 1 aromatic rings. The lowest BCUT2D eigenvalue weighted by atomic mass is 10.0. The number of alkyl halides is 6. The summed E-state index contributed by atoms with van der Waals surface area (Å²) in [5.74, 6) is -2.14. The molecule has 1 rings (SSSR count). The minimum absolute atomic E-state index is 0.0385. The highest BCUT2D eigenvalue weighted by Crippen LogP contribution is 2.41. The highest BCUT2D eigenvalue weighted by molar-refractivity contribution is 6.32. The maximum absolute atomic E-state index is 12.5. The van der Waals surface area contributed by atoms with Gasteiger partial charge in [0, 0.05) is 0 Å². The minimum Gasteiger partial charge on any atom is -0.478 e. The van der Waals surface area contributed by atoms with Gasteiger partial charge in [-0.25, -0.2) is 4.79 Å². The number of hydrogen-bond acceptors (Lipinski definition) is 1. The van der Waals surface area contributed by atoms with Gasteiger partial charge < -0.3 is 5.11 Å². The molecule has 0 radical (unpaired) electrons. The number of benzene rings is 1. The molecular formula is C9H3ClF6O2. The van der Waals surface area contributed by atoms with Crippen molar-refractivity contribution in [3.05, 3.63) is 33.8 Å². The van der Waals surface area contributed by atoms with Gasteiger partial charge in [0.15, 0.2) is 0 Å². The minimum atomic E-state index is -5.16. The molecule has 9 heteroatoms. The topological polar surface area (TPSA) is 37.3 Å². The second-order valence-electron chi connectivity index (χ2n) is 3.18. The number of carboxylic acid groups (broad SMARTS) is 1. The fraction of sp³-hybridized carbons (Fsp3) is 0.222. The first-order chi connectivity index (χ1) is 7.94. The van der Waals surface area contributed by atoms with Crippen LogP contribution in [0.15, 0.2) is 12.1 Å². The summed E-state index contributed by atoms with van der Waals surface area (Å²) in [4.78, 5) is 10.6. The molecule has 0 atom stereocenters. The third kappa shape index (κ3) is 2.87. The molecule has 0 heterocycles. The zero-order valence-electron chi connectivity index (χ0n) is 8.16. The second-order valence-corrected chi connectivity index (χ2v) is 3.59. The number of carboxylic acids is 1. The van der Waals surface area contributed by atoms with Crippen molar-refractivity contribution in [1.29, 1.82) is 0 Å². The number of hydrogen-bond donors (Lipinski definition) is 1. The summed E-state index contributed by atoms with van der Waals surface area (Å²) in [5, 5.41) is 7.21. The van der Waals surface area contributed by atoms with E-state index in [4.69, 9.17) is 16.7 Å². The van der Waals surface area contributed by atoms with Crippen molar-refractivity contribution < 1.29 is 36.2 Å². The normalized spacial score (nSPS) is 12.6. The fourth-order valence-corrected chi connectivity index (χ4v) is 1.55. The Morgan fingerprint density at radius 2 is 1.56 bits per heavy atom. The van der Waals surface area contributed by atoms with Gasteiger partial charge in [-0.2, -0.15) is 26.3 Å². The summed E-state index contributed by atoms with van der Waals surface area (Å²) in [6.45, 7) is 0. The predicted molar refractivity (Wildman–Crippen MR) is 48.4 cm³/mol. The first kappa shape index (κ1) is 14.6. The molecule has 0 unspecified atom stereocenters. The SMILES string of the molecule is O=C(O)c1cc(C(F)(F)F)cc(Cl)c1C(F)(F)F. The fourth-order valence-electron chi connectivity index (χ4n) is 1.23. The summed E-state index contributed by atoms with van der Waals surface area (Å²) < 4.78 is 74.3. The van der Waals surface area contributed by atoms with E-state index in [1.165, 1.54) is 0 Å². The molecule has 0 spiro atoms. The van der Waals surface area contributed by atoms with Gasteiger partial charge in [-0.3, -0.25) is 0 Å². The quantitative estimate of drug-likeness (QED) is 0.792. The van der Waals surface area contributed by atoms with Crippen LogP contribution in [-0.4, -0.2) is 11.1 Å². The molecule has 1 aromatic carbocycles. The van der Waals surface area contributed by atoms with E-state index in [9.17, 15) is 31.1 Å². The molecule has 0 saturated carbocycles. The Bertz CT molecular complexity index is 491. The van der Waals surface area contributed by atoms with E-state index in [1.54, 1.807) is 0 Å². The van der Waals surface area contributed by atoms with E-state index in [-0.39, 0.29) is 12.1 Å². The van der Waals surface area contributed by atoms with Gasteiger partial charge in [0.05, 0.1) is 21.7 Å². The summed E-state index contributed by atoms with van der Waals surface area (Å²) in [7, 11) is 0. The zero-order valence-corrected chi connectivity index (χ0v) is 8.91. The van der Waals surface area contributed by atoms with Crippen LogP contribution in [0.1, 0.15) is 21.5 Å². The summed E-state index contributed by atoms with van der Waals surface area (Å²) >= 11 is 5.09. The Labute approximate surface area is 101 Å². The van der Waals surface area contributed by atoms with Crippen molar-refractivity contribution in [2.45, 2.75) is 12.4 Å². The van der Waals surface area contributed by atoms with E-state index in [1.807, 2.05) is 0 Å². The second kappa shape index (κ2) is 4.34. The number of halogens is 7. The van der Waals surface area contributed by atoms with Crippen LogP contribution < -0.4 is 0 Å². The summed E-state index contributed by atoms with van der Waals surface area (Å²) in [5.41, 5.74) is -4.90. The van der Waals surface area contributed by atoms with Crippen LogP contribution in [0.3, 0.4) is 0 Å². The van der Waals surface area contributed by atoms with Crippen LogP contribution in [0.4, 0.5) is 26.3 Å². The monoisotopic (exact) mass is 292 g/mol. The van der Waals surface area contributed by atoms with Gasteiger partial charge in [-0.1, -0.05) is 11.6 Å². The molecule has 0 bridgehead atoms. The summed E-state index contributed by atoms with van der Waals surface area (Å²) in [6.07, 6.45) is -10.1. The van der Waals surface area contributed by atoms with Crippen LogP contribution in [-0.2, 0) is 12.4 Å². The zero-order chi connectivity index (χ0) is 14.3. The van der Waals surface area contributed by atoms with Gasteiger partial charge in [-0.05, 0) is 12.1 Å². The maximum atomic E-state index is 12.5. The molecule has 0 amide bonds. The van der Waals surface area contributed by atoms with Crippen molar-refractivity contribution in [3.8, 4) is 0 Å². The van der Waals surface area contributed by atoms with Gasteiger partial charge in [0.1, 0.15) is 0 Å². The van der Waals surface area contributed by atoms with Gasteiger partial charge >= 0.3 is 18.3 Å². The van der Waals surface area contributed by atoms with Gasteiger partial charge in [-0.15, -0.1) is 0 Å². The molecule has 0 aromatic heterocycles. The lowest BCUT2D eigenvalue weighted by Crippen LogP contribution is -2.16. The lowest BCUT2D eigenvalue weighted by molar-refractivity contribution is -0.141. The number of rotatable bonds is 1. The highest BCUT2D eigenvalue weighted by atomic mass is 35.5. The smallest absolute Gasteiger partial charge is 0.418 e. The van der Waals surface area contributed by atoms with Crippen molar-refractivity contribution in [2.75, 3.05) is 0 Å². The van der Waals surface area contributed by atoms with Crippen LogP contribution in [0.5, 0.6) is 0 Å². The van der Waals surface area contributed by atoms with E-state index in [0.717, 1.165) is 0 Å². The number of aromatic carboxylic acids is 1. The lowest BCUT2D eigenvalue weighted by Gasteiger charge is -2.15. The molecule has 0 aliphatic carbocycles. The van der Waals surface area contributed by atoms with Gasteiger partial charge in [0.2, 0.25) is 0 Å². The van der Waals surface area contributed by atoms with E-state index in [2.05, 4.69) is 0 Å². The molecule has 0 aliphatic rings. The molecule has 0 aliphatic heterocycles. The third-order valence-electron chi connectivity index (χ3n) is 1.93. The molecule has 0 saturated heterocycles. The number of carbonyl (C=O) groups is 1. The molecule has 18 heavy (non-hydrogen) atoms. The molecular weight excluding hydrogens is 290 g/mol. The Hall–Kier alpha value is -1.44. The first-order valence-electron chi connectivity index (χ1n) is 4.16. The molecule has 0 fully saturated rings.